The van der Waals surface area contributed by atoms with E-state index in [9.17, 15) is 18.0 Å². The first kappa shape index (κ1) is 9.71. The van der Waals surface area contributed by atoms with Crippen molar-refractivity contribution in [2.45, 2.75) is 6.18 Å². The molecule has 0 fully saturated rings. The summed E-state index contributed by atoms with van der Waals surface area (Å²) in [5.74, 6) is -0.741. The quantitative estimate of drug-likeness (QED) is 0.465. The number of carbonyl (C=O) groups is 1. The van der Waals surface area contributed by atoms with Crippen LogP contribution >= 0.6 is 0 Å². The number of carboxylic acids is 1. The maximum Gasteiger partial charge on any atom is 0.432 e. The summed E-state index contributed by atoms with van der Waals surface area (Å²) in [6.45, 7) is 0. The van der Waals surface area contributed by atoms with Gasteiger partial charge in [-0.15, -0.1) is 0 Å². The van der Waals surface area contributed by atoms with Gasteiger partial charge in [0.2, 0.25) is 5.57 Å². The van der Waals surface area contributed by atoms with Gasteiger partial charge >= 0.3 is 12.1 Å². The zero-order chi connectivity index (χ0) is 9.07. The summed E-state index contributed by atoms with van der Waals surface area (Å²) in [6, 6.07) is 0. The van der Waals surface area contributed by atoms with Gasteiger partial charge < -0.3 is 5.11 Å². The molecule has 0 atom stereocenters. The molecular weight excluding hydrogens is 163 g/mol. The Bertz CT molecular complexity index is 224. The van der Waals surface area contributed by atoms with Gasteiger partial charge in [0, 0.05) is 12.9 Å². The zero-order valence-electron chi connectivity index (χ0n) is 5.44. The van der Waals surface area contributed by atoms with Crippen molar-refractivity contribution < 1.29 is 23.1 Å². The summed E-state index contributed by atoms with van der Waals surface area (Å²) in [5, 5.41) is 7.96. The Balaban J connectivity index is 4.95. The van der Waals surface area contributed by atoms with Gasteiger partial charge in [0.15, 0.2) is 0 Å². The highest BCUT2D eigenvalue weighted by atomic mass is 19.4. The van der Waals surface area contributed by atoms with E-state index in [4.69, 9.17) is 5.11 Å². The van der Waals surface area contributed by atoms with Gasteiger partial charge in [-0.2, -0.15) is 13.2 Å². The number of carboxylic acid groups (broad SMARTS) is 1. The fourth-order valence-corrected chi connectivity index (χ4v) is 0.344. The first-order chi connectivity index (χ1) is 4.89. The predicted molar refractivity (Wildman–Crippen MR) is 30.6 cm³/mol. The van der Waals surface area contributed by atoms with Crippen molar-refractivity contribution in [1.82, 2.24) is 0 Å². The van der Waals surface area contributed by atoms with Gasteiger partial charge in [0.25, 0.3) is 0 Å². The van der Waals surface area contributed by atoms with Gasteiger partial charge in [-0.1, -0.05) is 0 Å². The van der Waals surface area contributed by atoms with E-state index in [-0.39, 0.29) is 0 Å². The van der Waals surface area contributed by atoms with Crippen LogP contribution in [0.1, 0.15) is 0 Å². The maximum absolute atomic E-state index is 11.6. The van der Waals surface area contributed by atoms with E-state index in [0.29, 0.717) is 0 Å². The second kappa shape index (κ2) is 3.21. The molecule has 0 saturated carbocycles. The molecule has 0 aliphatic rings. The Morgan fingerprint density at radius 3 is 2.09 bits per heavy atom. The summed E-state index contributed by atoms with van der Waals surface area (Å²) >= 11 is 0. The van der Waals surface area contributed by atoms with E-state index in [1.54, 1.807) is 0 Å². The molecule has 0 aromatic carbocycles. The minimum atomic E-state index is -4.90. The molecule has 0 saturated heterocycles. The summed E-state index contributed by atoms with van der Waals surface area (Å²) < 4.78 is 34.9. The van der Waals surface area contributed by atoms with Crippen LogP contribution in [0.15, 0.2) is 10.6 Å². The maximum atomic E-state index is 11.6. The average Bonchev–Trinajstić information content (AvgIpc) is 1.79. The molecule has 0 aliphatic carbocycles. The summed E-state index contributed by atoms with van der Waals surface area (Å²) in [7, 11) is 1.01. The molecule has 0 amide bonds. The van der Waals surface area contributed by atoms with E-state index >= 15 is 0 Å². The van der Waals surface area contributed by atoms with E-state index in [0.717, 1.165) is 7.05 Å². The number of alkyl halides is 3. The van der Waals surface area contributed by atoms with Gasteiger partial charge in [-0.3, -0.25) is 0 Å². The van der Waals surface area contributed by atoms with E-state index < -0.39 is 17.7 Å². The Hall–Kier alpha value is -1.29. The van der Waals surface area contributed by atoms with Crippen molar-refractivity contribution in [1.29, 1.82) is 0 Å². The largest absolute Gasteiger partial charge is 0.477 e. The predicted octanol–water partition coefficient (Wildman–Crippen LogP) is 0.859. The third-order valence-electron chi connectivity index (χ3n) is 0.721. The number of hydrogen-bond donors (Lipinski definition) is 1. The molecule has 0 aromatic rings. The first-order valence-corrected chi connectivity index (χ1v) is 2.42. The van der Waals surface area contributed by atoms with Crippen molar-refractivity contribution in [3.05, 3.63) is 5.57 Å². The van der Waals surface area contributed by atoms with Crippen LogP contribution in [0.25, 0.3) is 0 Å². The summed E-state index contributed by atoms with van der Waals surface area (Å²) in [5.41, 5.74) is -1.79. The van der Waals surface area contributed by atoms with Crippen LogP contribution in [0, 0.1) is 0 Å². The number of nitrogens with zero attached hydrogens (tertiary/aromatic N) is 1. The van der Waals surface area contributed by atoms with E-state index in [2.05, 4.69) is 4.99 Å². The molecule has 0 spiro atoms. The van der Waals surface area contributed by atoms with Crippen LogP contribution in [-0.2, 0) is 4.79 Å². The van der Waals surface area contributed by atoms with Crippen molar-refractivity contribution in [2.24, 2.45) is 4.99 Å². The van der Waals surface area contributed by atoms with Gasteiger partial charge in [0.1, 0.15) is 0 Å². The van der Waals surface area contributed by atoms with Crippen molar-refractivity contribution >= 4 is 11.8 Å². The fraction of sp³-hybridized carbons (Fsp3) is 0.400. The molecule has 0 heterocycles. The lowest BCUT2D eigenvalue weighted by atomic mass is 10.3. The van der Waals surface area contributed by atoms with E-state index in [1.807, 2.05) is 0 Å². The first-order valence-electron chi connectivity index (χ1n) is 2.42. The van der Waals surface area contributed by atoms with Crippen LogP contribution in [0.2, 0.25) is 0 Å². The third-order valence-corrected chi connectivity index (χ3v) is 0.721. The Morgan fingerprint density at radius 2 is 2.00 bits per heavy atom. The van der Waals surface area contributed by atoms with Crippen LogP contribution in [-0.4, -0.2) is 30.2 Å². The zero-order valence-corrected chi connectivity index (χ0v) is 5.44. The lowest BCUT2D eigenvalue weighted by Gasteiger charge is -2.01. The molecule has 0 aliphatic heterocycles. The lowest BCUT2D eigenvalue weighted by Crippen LogP contribution is -2.20. The molecule has 3 nitrogen and oxygen atoms in total. The second-order valence-corrected chi connectivity index (χ2v) is 1.51. The molecule has 11 heavy (non-hydrogen) atoms. The second-order valence-electron chi connectivity index (χ2n) is 1.51. The van der Waals surface area contributed by atoms with Crippen molar-refractivity contribution in [3.8, 4) is 0 Å². The minimum absolute atomic E-state index is 1.01. The normalized spacial score (nSPS) is 10.2. The van der Waals surface area contributed by atoms with Crippen LogP contribution in [0.3, 0.4) is 0 Å². The molecule has 0 unspecified atom stereocenters. The molecule has 0 aromatic heterocycles. The van der Waals surface area contributed by atoms with Gasteiger partial charge in [0.05, 0.1) is 0 Å². The summed E-state index contributed by atoms with van der Waals surface area (Å²) in [6.07, 6.45) is -4.90. The van der Waals surface area contributed by atoms with Crippen LogP contribution in [0.4, 0.5) is 13.2 Å². The monoisotopic (exact) mass is 167 g/mol. The van der Waals surface area contributed by atoms with Crippen molar-refractivity contribution in [3.63, 3.8) is 0 Å². The molecule has 1 N–H and O–H groups in total. The topological polar surface area (TPSA) is 49.7 Å². The number of aliphatic imine (C=N–C) groups is 1. The van der Waals surface area contributed by atoms with Crippen LogP contribution < -0.4 is 0 Å². The number of aliphatic carboxylic acids is 1. The minimum Gasteiger partial charge on any atom is -0.477 e. The highest BCUT2D eigenvalue weighted by molar-refractivity contribution is 5.97. The third kappa shape index (κ3) is 2.86. The number of hydrogen-bond acceptors (Lipinski definition) is 2. The Morgan fingerprint density at radius 1 is 1.55 bits per heavy atom. The van der Waals surface area contributed by atoms with Gasteiger partial charge in [-0.25, -0.2) is 9.79 Å². The molecule has 6 heteroatoms. The molecular formula is C5H4F3NO2. The summed E-state index contributed by atoms with van der Waals surface area (Å²) in [4.78, 5) is 12.7. The Kier molecular flexibility index (Phi) is 2.83. The standard InChI is InChI=1S/C5H4F3NO2/c1-9-2-3(4(10)11)5(6,7)8/h1H3,(H,10,11). The molecule has 62 valence electrons. The molecule has 0 radical (unpaired) electrons. The molecule has 0 bridgehead atoms. The van der Waals surface area contributed by atoms with Gasteiger partial charge in [-0.05, 0) is 0 Å². The molecule has 0 rings (SSSR count). The number of halogens is 3. The van der Waals surface area contributed by atoms with Crippen molar-refractivity contribution in [2.75, 3.05) is 7.05 Å². The van der Waals surface area contributed by atoms with Crippen LogP contribution in [0.5, 0.6) is 0 Å². The highest BCUT2D eigenvalue weighted by Crippen LogP contribution is 2.23. The fourth-order valence-electron chi connectivity index (χ4n) is 0.344. The SMILES string of the molecule is CN=C=C(C(=O)O)C(F)(F)F. The Labute approximate surface area is 59.9 Å². The van der Waals surface area contributed by atoms with E-state index in [1.165, 1.54) is 5.87 Å². The smallest absolute Gasteiger partial charge is 0.432 e. The average molecular weight is 167 g/mol. The highest BCUT2D eigenvalue weighted by Gasteiger charge is 2.39. The number of rotatable bonds is 1. The lowest BCUT2D eigenvalue weighted by molar-refractivity contribution is -0.144.